The topological polar surface area (TPSA) is 72.6 Å². The molecule has 0 unspecified atom stereocenters. The quantitative estimate of drug-likeness (QED) is 0.729. The van der Waals surface area contributed by atoms with E-state index < -0.39 is 5.54 Å². The molecule has 1 saturated heterocycles. The van der Waals surface area contributed by atoms with Crippen molar-refractivity contribution in [2.24, 2.45) is 4.99 Å². The van der Waals surface area contributed by atoms with Crippen LogP contribution in [0.15, 0.2) is 29.5 Å². The third-order valence-electron chi connectivity index (χ3n) is 3.04. The summed E-state index contributed by atoms with van der Waals surface area (Å²) in [5.41, 5.74) is 0.439. The Morgan fingerprint density at radius 1 is 1.35 bits per heavy atom. The zero-order valence-electron chi connectivity index (χ0n) is 11.9. The standard InChI is InChI=1S/C14H17N5O/c1-14(2,3)19-12(20)6-9-18(13(19)17-10-15)11-4-7-16-8-5-11/h4-5,7-8H,6,9H2,1-3H3. The lowest BCUT2D eigenvalue weighted by Gasteiger charge is -2.43. The van der Waals surface area contributed by atoms with Gasteiger partial charge in [0.05, 0.1) is 0 Å². The Bertz CT molecular complexity index is 567. The Morgan fingerprint density at radius 3 is 2.55 bits per heavy atom. The number of nitriles is 1. The van der Waals surface area contributed by atoms with Crippen molar-refractivity contribution >= 4 is 17.6 Å². The first-order valence-corrected chi connectivity index (χ1v) is 6.42. The predicted molar refractivity (Wildman–Crippen MR) is 75.8 cm³/mol. The number of hydrogen-bond acceptors (Lipinski definition) is 4. The summed E-state index contributed by atoms with van der Waals surface area (Å²) < 4.78 is 0. The molecule has 1 aromatic heterocycles. The fraction of sp³-hybridized carbons (Fsp3) is 0.429. The second-order valence-corrected chi connectivity index (χ2v) is 5.52. The predicted octanol–water partition coefficient (Wildman–Crippen LogP) is 1.76. The molecule has 0 radical (unpaired) electrons. The lowest BCUT2D eigenvalue weighted by molar-refractivity contribution is -0.131. The maximum absolute atomic E-state index is 12.2. The van der Waals surface area contributed by atoms with Gasteiger partial charge in [0.15, 0.2) is 0 Å². The highest BCUT2D eigenvalue weighted by Crippen LogP contribution is 2.25. The van der Waals surface area contributed by atoms with Crippen LogP contribution < -0.4 is 4.90 Å². The molecule has 1 fully saturated rings. The highest BCUT2D eigenvalue weighted by molar-refractivity contribution is 6.09. The molecule has 2 rings (SSSR count). The Morgan fingerprint density at radius 2 is 2.00 bits per heavy atom. The Hall–Kier alpha value is -2.42. The van der Waals surface area contributed by atoms with Gasteiger partial charge in [-0.05, 0) is 32.9 Å². The van der Waals surface area contributed by atoms with E-state index >= 15 is 0 Å². The number of aromatic nitrogens is 1. The first-order valence-electron chi connectivity index (χ1n) is 6.42. The summed E-state index contributed by atoms with van der Waals surface area (Å²) in [6, 6.07) is 3.67. The van der Waals surface area contributed by atoms with E-state index in [1.807, 2.05) is 37.8 Å². The highest BCUT2D eigenvalue weighted by atomic mass is 16.2. The fourth-order valence-corrected chi connectivity index (χ4v) is 2.25. The van der Waals surface area contributed by atoms with Crippen LogP contribution in [0, 0.1) is 11.5 Å². The smallest absolute Gasteiger partial charge is 0.231 e. The monoisotopic (exact) mass is 271 g/mol. The maximum Gasteiger partial charge on any atom is 0.231 e. The minimum atomic E-state index is -0.432. The largest absolute Gasteiger partial charge is 0.311 e. The van der Waals surface area contributed by atoms with Gasteiger partial charge in [0.25, 0.3) is 0 Å². The molecule has 0 saturated carbocycles. The molecule has 1 aliphatic heterocycles. The second-order valence-electron chi connectivity index (χ2n) is 5.52. The van der Waals surface area contributed by atoms with Gasteiger partial charge in [-0.3, -0.25) is 14.7 Å². The molecule has 0 spiro atoms. The van der Waals surface area contributed by atoms with Crippen molar-refractivity contribution in [1.29, 1.82) is 5.26 Å². The van der Waals surface area contributed by atoms with Crippen LogP contribution in [0.5, 0.6) is 0 Å². The summed E-state index contributed by atoms with van der Waals surface area (Å²) in [7, 11) is 0. The summed E-state index contributed by atoms with van der Waals surface area (Å²) in [6.45, 7) is 6.28. The van der Waals surface area contributed by atoms with Crippen LogP contribution in [0.3, 0.4) is 0 Å². The zero-order chi connectivity index (χ0) is 14.8. The van der Waals surface area contributed by atoms with Gasteiger partial charge in [-0.25, -0.2) is 0 Å². The third-order valence-corrected chi connectivity index (χ3v) is 3.04. The zero-order valence-corrected chi connectivity index (χ0v) is 11.9. The van der Waals surface area contributed by atoms with Crippen LogP contribution >= 0.6 is 0 Å². The van der Waals surface area contributed by atoms with Gasteiger partial charge in [-0.2, -0.15) is 5.26 Å². The van der Waals surface area contributed by atoms with Crippen molar-refractivity contribution in [2.45, 2.75) is 32.7 Å². The minimum Gasteiger partial charge on any atom is -0.311 e. The van der Waals surface area contributed by atoms with Crippen LogP contribution in [0.4, 0.5) is 5.69 Å². The first kappa shape index (κ1) is 14.0. The average molecular weight is 271 g/mol. The van der Waals surface area contributed by atoms with Crippen LogP contribution in [0.1, 0.15) is 27.2 Å². The summed E-state index contributed by atoms with van der Waals surface area (Å²) in [4.78, 5) is 23.5. The van der Waals surface area contributed by atoms with Gasteiger partial charge in [0, 0.05) is 36.6 Å². The Labute approximate surface area is 118 Å². The van der Waals surface area contributed by atoms with Crippen molar-refractivity contribution in [3.8, 4) is 6.19 Å². The van der Waals surface area contributed by atoms with E-state index in [0.717, 1.165) is 5.69 Å². The van der Waals surface area contributed by atoms with Gasteiger partial charge >= 0.3 is 0 Å². The lowest BCUT2D eigenvalue weighted by atomic mass is 10.0. The number of carbonyl (C=O) groups excluding carboxylic acids is 1. The molecule has 6 nitrogen and oxygen atoms in total. The van der Waals surface area contributed by atoms with Crippen LogP contribution in [0.25, 0.3) is 0 Å². The van der Waals surface area contributed by atoms with Gasteiger partial charge in [-0.15, -0.1) is 4.99 Å². The van der Waals surface area contributed by atoms with E-state index in [0.29, 0.717) is 18.9 Å². The summed E-state index contributed by atoms with van der Waals surface area (Å²) in [5, 5.41) is 8.94. The number of guanidine groups is 1. The molecular weight excluding hydrogens is 254 g/mol. The fourth-order valence-electron chi connectivity index (χ4n) is 2.25. The number of hydrogen-bond donors (Lipinski definition) is 0. The SMILES string of the molecule is CC(C)(C)N1C(=O)CCN(c2ccncc2)C1=NC#N. The van der Waals surface area contributed by atoms with Gasteiger partial charge in [-0.1, -0.05) is 0 Å². The van der Waals surface area contributed by atoms with E-state index in [-0.39, 0.29) is 5.91 Å². The minimum absolute atomic E-state index is 0.0168. The molecule has 6 heteroatoms. The number of anilines is 1. The van der Waals surface area contributed by atoms with E-state index in [9.17, 15) is 4.79 Å². The summed E-state index contributed by atoms with van der Waals surface area (Å²) in [6.07, 6.45) is 5.54. The number of pyridine rings is 1. The molecular formula is C14H17N5O. The molecule has 0 atom stereocenters. The molecule has 104 valence electrons. The van der Waals surface area contributed by atoms with Crippen LogP contribution in [0.2, 0.25) is 0 Å². The van der Waals surface area contributed by atoms with Crippen molar-refractivity contribution in [1.82, 2.24) is 9.88 Å². The van der Waals surface area contributed by atoms with Crippen LogP contribution in [-0.4, -0.2) is 33.8 Å². The van der Waals surface area contributed by atoms with Gasteiger partial charge < -0.3 is 4.90 Å². The highest BCUT2D eigenvalue weighted by Gasteiger charge is 2.38. The Kier molecular flexibility index (Phi) is 3.70. The molecule has 0 N–H and O–H groups in total. The number of amides is 1. The molecule has 1 aromatic rings. The number of aliphatic imine (C=N–C) groups is 1. The molecule has 20 heavy (non-hydrogen) atoms. The molecule has 0 bridgehead atoms. The molecule has 1 amide bonds. The van der Waals surface area contributed by atoms with E-state index in [2.05, 4.69) is 9.98 Å². The van der Waals surface area contributed by atoms with E-state index in [1.165, 1.54) is 0 Å². The first-order chi connectivity index (χ1) is 9.45. The maximum atomic E-state index is 12.2. The van der Waals surface area contributed by atoms with E-state index in [4.69, 9.17) is 5.26 Å². The van der Waals surface area contributed by atoms with Gasteiger partial charge in [0.1, 0.15) is 0 Å². The van der Waals surface area contributed by atoms with Crippen LogP contribution in [-0.2, 0) is 4.79 Å². The summed E-state index contributed by atoms with van der Waals surface area (Å²) in [5.74, 6) is 0.360. The molecule has 0 aromatic carbocycles. The Balaban J connectivity index is 2.47. The molecule has 1 aliphatic rings. The molecule has 0 aliphatic carbocycles. The number of carbonyl (C=O) groups is 1. The van der Waals surface area contributed by atoms with Crippen molar-refractivity contribution in [3.63, 3.8) is 0 Å². The second kappa shape index (κ2) is 5.29. The normalized spacial score (nSPS) is 18.3. The van der Waals surface area contributed by atoms with Crippen molar-refractivity contribution in [3.05, 3.63) is 24.5 Å². The molecule has 2 heterocycles. The van der Waals surface area contributed by atoms with Crippen molar-refractivity contribution in [2.75, 3.05) is 11.4 Å². The third kappa shape index (κ3) is 2.62. The van der Waals surface area contributed by atoms with Gasteiger partial charge in [0.2, 0.25) is 18.1 Å². The van der Waals surface area contributed by atoms with E-state index in [1.54, 1.807) is 23.5 Å². The number of rotatable bonds is 1. The average Bonchev–Trinajstić information content (AvgIpc) is 2.39. The van der Waals surface area contributed by atoms with Crippen molar-refractivity contribution < 1.29 is 4.79 Å². The lowest BCUT2D eigenvalue weighted by Crippen LogP contribution is -2.60. The number of nitrogens with zero attached hydrogens (tertiary/aromatic N) is 5. The summed E-state index contributed by atoms with van der Waals surface area (Å²) >= 11 is 0.